The van der Waals surface area contributed by atoms with E-state index < -0.39 is 0 Å². The molecule has 0 saturated carbocycles. The molecular formula is C52H36N2S. The van der Waals surface area contributed by atoms with E-state index in [9.17, 15) is 0 Å². The lowest BCUT2D eigenvalue weighted by Gasteiger charge is -2.15. The third kappa shape index (κ3) is 5.69. The molecule has 9 aromatic carbocycles. The van der Waals surface area contributed by atoms with Crippen molar-refractivity contribution in [2.45, 2.75) is 6.92 Å². The van der Waals surface area contributed by atoms with Gasteiger partial charge in [0.1, 0.15) is 0 Å². The number of hydrogen-bond acceptors (Lipinski definition) is 3. The number of benzene rings is 9. The number of nitrogen functional groups attached to an aromatic ring is 1. The van der Waals surface area contributed by atoms with E-state index in [0.717, 1.165) is 44.1 Å². The Bertz CT molecular complexity index is 3090. The van der Waals surface area contributed by atoms with Crippen molar-refractivity contribution in [2.75, 3.05) is 5.73 Å². The smallest absolute Gasteiger partial charge is 0.0947 e. The van der Waals surface area contributed by atoms with E-state index in [-0.39, 0.29) is 0 Å². The van der Waals surface area contributed by atoms with Crippen molar-refractivity contribution in [3.8, 4) is 44.5 Å². The zero-order valence-corrected chi connectivity index (χ0v) is 31.1. The Kier molecular flexibility index (Phi) is 8.09. The highest BCUT2D eigenvalue weighted by atomic mass is 32.1. The number of aliphatic imine (C=N–C) groups is 1. The van der Waals surface area contributed by atoms with Gasteiger partial charge >= 0.3 is 0 Å². The van der Waals surface area contributed by atoms with Crippen LogP contribution in [0.15, 0.2) is 193 Å². The molecule has 0 aliphatic carbocycles. The Labute approximate surface area is 324 Å². The number of rotatable bonds is 6. The molecule has 3 heteroatoms. The summed E-state index contributed by atoms with van der Waals surface area (Å²) < 4.78 is 2.54. The molecule has 0 aliphatic rings. The molecule has 0 saturated heterocycles. The van der Waals surface area contributed by atoms with Gasteiger partial charge in [-0.1, -0.05) is 164 Å². The Balaban J connectivity index is 1.25. The SMILES string of the molecule is CC(=Nc1c(N)c2ccccc2c2ccccc12)c1ccccc1-c1cc(-c2ccccc2)cc2c1sc1c(-c3ccccc3)cc(-c3ccccc3)cc12. The van der Waals surface area contributed by atoms with Crippen LogP contribution in [0.25, 0.3) is 86.2 Å². The maximum Gasteiger partial charge on any atom is 0.0947 e. The van der Waals surface area contributed by atoms with Crippen molar-refractivity contribution in [1.82, 2.24) is 0 Å². The molecule has 260 valence electrons. The molecule has 0 fully saturated rings. The summed E-state index contributed by atoms with van der Waals surface area (Å²) in [6, 6.07) is 67.3. The van der Waals surface area contributed by atoms with Crippen LogP contribution in [0.2, 0.25) is 0 Å². The van der Waals surface area contributed by atoms with Crippen LogP contribution in [0, 0.1) is 0 Å². The van der Waals surface area contributed by atoms with Crippen LogP contribution in [0.5, 0.6) is 0 Å². The van der Waals surface area contributed by atoms with E-state index in [4.69, 9.17) is 10.7 Å². The van der Waals surface area contributed by atoms with Crippen LogP contribution in [-0.4, -0.2) is 5.71 Å². The minimum absolute atomic E-state index is 0.701. The second kappa shape index (κ2) is 13.6. The maximum absolute atomic E-state index is 6.97. The Morgan fingerprint density at radius 2 is 0.855 bits per heavy atom. The van der Waals surface area contributed by atoms with Crippen LogP contribution in [-0.2, 0) is 0 Å². The molecule has 0 atom stereocenters. The molecule has 0 aliphatic heterocycles. The standard InChI is InChI=1S/C52H36N2S/c1-33(54-50-44-28-16-14-26-42(44)41-25-13-15-27-43(41)49(50)53)39-23-11-12-24-40(39)46-30-38(35-19-7-3-8-20-35)32-48-47-31-37(34-17-5-2-6-18-34)29-45(51(47)55-52(46)48)36-21-9-4-10-22-36/h2-32H,53H2,1H3. The van der Waals surface area contributed by atoms with Gasteiger partial charge in [0.15, 0.2) is 0 Å². The monoisotopic (exact) mass is 720 g/mol. The number of anilines is 1. The largest absolute Gasteiger partial charge is 0.396 e. The van der Waals surface area contributed by atoms with E-state index in [1.807, 2.05) is 17.4 Å². The summed E-state index contributed by atoms with van der Waals surface area (Å²) in [6.45, 7) is 2.12. The molecular weight excluding hydrogens is 685 g/mol. The number of hydrogen-bond donors (Lipinski definition) is 1. The summed E-state index contributed by atoms with van der Waals surface area (Å²) in [6.07, 6.45) is 0. The van der Waals surface area contributed by atoms with Gasteiger partial charge in [0, 0.05) is 53.3 Å². The van der Waals surface area contributed by atoms with E-state index in [1.165, 1.54) is 59.1 Å². The van der Waals surface area contributed by atoms with E-state index in [0.29, 0.717) is 5.69 Å². The summed E-state index contributed by atoms with van der Waals surface area (Å²) in [5.74, 6) is 0. The van der Waals surface area contributed by atoms with Crippen LogP contribution in [0.4, 0.5) is 11.4 Å². The van der Waals surface area contributed by atoms with Crippen molar-refractivity contribution < 1.29 is 0 Å². The van der Waals surface area contributed by atoms with Gasteiger partial charge < -0.3 is 5.73 Å². The molecule has 0 bridgehead atoms. The average molecular weight is 721 g/mol. The molecule has 10 aromatic rings. The average Bonchev–Trinajstić information content (AvgIpc) is 3.64. The lowest BCUT2D eigenvalue weighted by atomic mass is 9.91. The quantitative estimate of drug-likeness (QED) is 0.104. The molecule has 0 radical (unpaired) electrons. The number of fused-ring (bicyclic) bond motifs is 6. The summed E-state index contributed by atoms with van der Waals surface area (Å²) >= 11 is 1.88. The molecule has 1 heterocycles. The van der Waals surface area contributed by atoms with Crippen molar-refractivity contribution >= 4 is 70.1 Å². The zero-order valence-electron chi connectivity index (χ0n) is 30.3. The predicted octanol–water partition coefficient (Wildman–Crippen LogP) is 14.8. The summed E-state index contributed by atoms with van der Waals surface area (Å²) in [7, 11) is 0. The second-order valence-electron chi connectivity index (χ2n) is 14.1. The lowest BCUT2D eigenvalue weighted by Crippen LogP contribution is -1.99. The second-order valence-corrected chi connectivity index (χ2v) is 15.1. The van der Waals surface area contributed by atoms with Crippen LogP contribution < -0.4 is 5.73 Å². The van der Waals surface area contributed by atoms with Gasteiger partial charge in [-0.25, -0.2) is 0 Å². The topological polar surface area (TPSA) is 38.4 Å². The highest BCUT2D eigenvalue weighted by molar-refractivity contribution is 7.27. The molecule has 55 heavy (non-hydrogen) atoms. The van der Waals surface area contributed by atoms with Crippen molar-refractivity contribution in [2.24, 2.45) is 4.99 Å². The van der Waals surface area contributed by atoms with Gasteiger partial charge in [-0.15, -0.1) is 11.3 Å². The third-order valence-electron chi connectivity index (χ3n) is 10.8. The Morgan fingerprint density at radius 3 is 1.47 bits per heavy atom. The van der Waals surface area contributed by atoms with E-state index in [1.54, 1.807) is 0 Å². The first kappa shape index (κ1) is 32.8. The van der Waals surface area contributed by atoms with Gasteiger partial charge in [-0.2, -0.15) is 0 Å². The van der Waals surface area contributed by atoms with Crippen molar-refractivity contribution in [3.63, 3.8) is 0 Å². The molecule has 2 nitrogen and oxygen atoms in total. The minimum Gasteiger partial charge on any atom is -0.396 e. The molecule has 0 amide bonds. The summed E-state index contributed by atoms with van der Waals surface area (Å²) in [4.78, 5) is 5.39. The summed E-state index contributed by atoms with van der Waals surface area (Å²) in [5.41, 5.74) is 20.1. The fourth-order valence-corrected chi connectivity index (χ4v) is 9.47. The molecule has 10 rings (SSSR count). The third-order valence-corrected chi connectivity index (χ3v) is 12.1. The highest BCUT2D eigenvalue weighted by Gasteiger charge is 2.20. The van der Waals surface area contributed by atoms with Gasteiger partial charge in [-0.05, 0) is 75.3 Å². The van der Waals surface area contributed by atoms with Crippen molar-refractivity contribution in [1.29, 1.82) is 0 Å². The molecule has 2 N–H and O–H groups in total. The van der Waals surface area contributed by atoms with Crippen LogP contribution >= 0.6 is 11.3 Å². The van der Waals surface area contributed by atoms with E-state index >= 15 is 0 Å². The fourth-order valence-electron chi connectivity index (χ4n) is 8.14. The Hall–Kier alpha value is -6.81. The van der Waals surface area contributed by atoms with Crippen LogP contribution in [0.3, 0.4) is 0 Å². The first-order valence-corrected chi connectivity index (χ1v) is 19.5. The highest BCUT2D eigenvalue weighted by Crippen LogP contribution is 2.48. The number of nitrogens with zero attached hydrogens (tertiary/aromatic N) is 1. The number of thiophene rings is 1. The van der Waals surface area contributed by atoms with Gasteiger partial charge in [0.05, 0.1) is 11.4 Å². The van der Waals surface area contributed by atoms with E-state index in [2.05, 4.69) is 189 Å². The fraction of sp³-hybridized carbons (Fsp3) is 0.0192. The predicted molar refractivity (Wildman–Crippen MR) is 239 cm³/mol. The normalized spacial score (nSPS) is 11.9. The first-order chi connectivity index (χ1) is 27.1. The summed E-state index contributed by atoms with van der Waals surface area (Å²) in [5, 5.41) is 6.88. The zero-order chi connectivity index (χ0) is 36.9. The lowest BCUT2D eigenvalue weighted by molar-refractivity contribution is 1.50. The first-order valence-electron chi connectivity index (χ1n) is 18.7. The maximum atomic E-state index is 6.97. The van der Waals surface area contributed by atoms with Crippen LogP contribution in [0.1, 0.15) is 12.5 Å². The molecule has 0 spiro atoms. The molecule has 0 unspecified atom stereocenters. The number of nitrogens with two attached hydrogens (primary N) is 1. The Morgan fingerprint density at radius 1 is 0.400 bits per heavy atom. The molecule has 1 aromatic heterocycles. The van der Waals surface area contributed by atoms with Gasteiger partial charge in [0.25, 0.3) is 0 Å². The van der Waals surface area contributed by atoms with Gasteiger partial charge in [0.2, 0.25) is 0 Å². The van der Waals surface area contributed by atoms with Gasteiger partial charge in [-0.3, -0.25) is 4.99 Å². The minimum atomic E-state index is 0.701. The van der Waals surface area contributed by atoms with Crippen molar-refractivity contribution in [3.05, 3.63) is 194 Å².